The summed E-state index contributed by atoms with van der Waals surface area (Å²) < 4.78 is 5.30. The van der Waals surface area contributed by atoms with E-state index in [1.165, 1.54) is 50.5 Å². The molecule has 0 heterocycles. The van der Waals surface area contributed by atoms with E-state index in [0.717, 1.165) is 18.3 Å². The summed E-state index contributed by atoms with van der Waals surface area (Å²) in [4.78, 5) is 12.8. The van der Waals surface area contributed by atoms with E-state index in [1.54, 1.807) is 7.11 Å². The molecular weight excluding hydrogens is 344 g/mol. The van der Waals surface area contributed by atoms with Crippen LogP contribution >= 0.6 is 0 Å². The smallest absolute Gasteiger partial charge is 0.313 e. The van der Waals surface area contributed by atoms with E-state index in [2.05, 4.69) is 47.6 Å². The first-order valence-corrected chi connectivity index (χ1v) is 11.8. The van der Waals surface area contributed by atoms with E-state index in [1.807, 2.05) is 0 Å². The van der Waals surface area contributed by atoms with Crippen LogP contribution in [-0.2, 0) is 9.53 Å². The fourth-order valence-corrected chi connectivity index (χ4v) is 9.54. The summed E-state index contributed by atoms with van der Waals surface area (Å²) in [6.07, 6.45) is 12.9. The fourth-order valence-electron chi connectivity index (χ4n) is 9.54. The highest BCUT2D eigenvalue weighted by Crippen LogP contribution is 2.73. The van der Waals surface area contributed by atoms with Crippen LogP contribution in [0.4, 0.5) is 0 Å². The Bertz CT molecular complexity index is 691. The van der Waals surface area contributed by atoms with Crippen molar-refractivity contribution in [3.63, 3.8) is 0 Å². The summed E-state index contributed by atoms with van der Waals surface area (Å²) in [5.74, 6) is 2.17. The lowest BCUT2D eigenvalue weighted by molar-refractivity contribution is -0.203. The van der Waals surface area contributed by atoms with Crippen molar-refractivity contribution in [3.8, 4) is 0 Å². The minimum atomic E-state index is -0.0534. The molecule has 0 aromatic heterocycles. The summed E-state index contributed by atoms with van der Waals surface area (Å²) >= 11 is 0. The van der Waals surface area contributed by atoms with E-state index in [-0.39, 0.29) is 17.3 Å². The van der Waals surface area contributed by atoms with Crippen molar-refractivity contribution in [3.05, 3.63) is 11.6 Å². The van der Waals surface area contributed by atoms with E-state index in [0.29, 0.717) is 22.2 Å². The maximum Gasteiger partial charge on any atom is 0.313 e. The Hall–Kier alpha value is -0.790. The van der Waals surface area contributed by atoms with Crippen LogP contribution in [0.1, 0.15) is 92.9 Å². The number of fused-ring (bicyclic) bond motifs is 5. The number of esters is 1. The molecule has 2 nitrogen and oxygen atoms in total. The van der Waals surface area contributed by atoms with Gasteiger partial charge in [-0.25, -0.2) is 0 Å². The van der Waals surface area contributed by atoms with Gasteiger partial charge in [-0.1, -0.05) is 52.7 Å². The van der Waals surface area contributed by atoms with Crippen LogP contribution in [0.5, 0.6) is 0 Å². The van der Waals surface area contributed by atoms with Gasteiger partial charge >= 0.3 is 5.97 Å². The average molecular weight is 387 g/mol. The maximum atomic E-state index is 12.8. The Morgan fingerprint density at radius 2 is 1.50 bits per heavy atom. The van der Waals surface area contributed by atoms with Crippen LogP contribution < -0.4 is 0 Å². The molecule has 0 N–H and O–H groups in total. The molecule has 158 valence electrons. The van der Waals surface area contributed by atoms with Gasteiger partial charge in [-0.05, 0) is 91.3 Å². The molecule has 3 fully saturated rings. The second-order valence-corrected chi connectivity index (χ2v) is 12.2. The molecule has 0 bridgehead atoms. The van der Waals surface area contributed by atoms with Gasteiger partial charge in [0.2, 0.25) is 0 Å². The second-order valence-electron chi connectivity index (χ2n) is 12.2. The van der Waals surface area contributed by atoms with Crippen LogP contribution in [0.25, 0.3) is 0 Å². The lowest BCUT2D eigenvalue weighted by Gasteiger charge is -2.69. The number of hydrogen-bond donors (Lipinski definition) is 0. The molecule has 4 aliphatic rings. The third-order valence-corrected chi connectivity index (χ3v) is 10.6. The Morgan fingerprint density at radius 1 is 0.893 bits per heavy atom. The van der Waals surface area contributed by atoms with E-state index in [4.69, 9.17) is 4.74 Å². The predicted octanol–water partition coefficient (Wildman–Crippen LogP) is 6.79. The standard InChI is InChI=1S/C26H42O2/c1-17-9-10-19-25(5)15-11-18-23(2,3)13-8-14-24(18,4)20(25)12-16-26(19,6)21(17)22(27)28-7/h9,18-21H,8,10-16H2,1-7H3/t18?,19-,20+,21+,24-,25-,26-/m0/s1. The molecular formula is C26H42O2. The minimum Gasteiger partial charge on any atom is -0.469 e. The minimum absolute atomic E-state index is 0.0123. The van der Waals surface area contributed by atoms with Crippen LogP contribution in [0, 0.1) is 45.3 Å². The van der Waals surface area contributed by atoms with Gasteiger partial charge in [0, 0.05) is 0 Å². The zero-order valence-corrected chi connectivity index (χ0v) is 19.4. The molecule has 1 unspecified atom stereocenters. The van der Waals surface area contributed by atoms with Gasteiger partial charge in [0.25, 0.3) is 0 Å². The molecule has 4 aliphatic carbocycles. The van der Waals surface area contributed by atoms with Crippen LogP contribution in [-0.4, -0.2) is 13.1 Å². The summed E-state index contributed by atoms with van der Waals surface area (Å²) in [6.45, 7) is 14.9. The number of ether oxygens (including phenoxy) is 1. The Balaban J connectivity index is 1.75. The van der Waals surface area contributed by atoms with Crippen LogP contribution in [0.3, 0.4) is 0 Å². The Kier molecular flexibility index (Phi) is 4.65. The van der Waals surface area contributed by atoms with Crippen molar-refractivity contribution < 1.29 is 9.53 Å². The van der Waals surface area contributed by atoms with Crippen molar-refractivity contribution in [1.82, 2.24) is 0 Å². The van der Waals surface area contributed by atoms with Crippen molar-refractivity contribution in [2.45, 2.75) is 92.9 Å². The van der Waals surface area contributed by atoms with E-state index < -0.39 is 0 Å². The summed E-state index contributed by atoms with van der Waals surface area (Å²) in [6, 6.07) is 0. The molecule has 28 heavy (non-hydrogen) atoms. The highest BCUT2D eigenvalue weighted by molar-refractivity contribution is 5.77. The van der Waals surface area contributed by atoms with Gasteiger partial charge in [-0.2, -0.15) is 0 Å². The SMILES string of the molecule is COC(=O)[C@H]1C(C)=CC[C@H]2[C@]3(C)CCC4C(C)(C)CCC[C@]4(C)[C@H]3CC[C@]12C. The third kappa shape index (κ3) is 2.54. The Labute approximate surface area is 172 Å². The molecule has 4 rings (SSSR count). The van der Waals surface area contributed by atoms with Gasteiger partial charge in [0.05, 0.1) is 13.0 Å². The zero-order valence-electron chi connectivity index (χ0n) is 19.4. The fraction of sp³-hybridized carbons (Fsp3) is 0.885. The first-order valence-electron chi connectivity index (χ1n) is 11.8. The predicted molar refractivity (Wildman–Crippen MR) is 115 cm³/mol. The molecule has 0 radical (unpaired) electrons. The maximum absolute atomic E-state index is 12.8. The molecule has 0 spiro atoms. The van der Waals surface area contributed by atoms with Crippen molar-refractivity contribution >= 4 is 5.97 Å². The third-order valence-electron chi connectivity index (χ3n) is 10.6. The first kappa shape index (κ1) is 20.5. The van der Waals surface area contributed by atoms with Crippen molar-refractivity contribution in [2.75, 3.05) is 7.11 Å². The molecule has 0 amide bonds. The summed E-state index contributed by atoms with van der Waals surface area (Å²) in [7, 11) is 1.56. The number of methoxy groups -OCH3 is 1. The zero-order chi connectivity index (χ0) is 20.5. The van der Waals surface area contributed by atoms with Gasteiger partial charge in [-0.15, -0.1) is 0 Å². The number of rotatable bonds is 1. The molecule has 0 aliphatic heterocycles. The summed E-state index contributed by atoms with van der Waals surface area (Å²) in [5.41, 5.74) is 2.57. The topological polar surface area (TPSA) is 26.3 Å². The molecule has 0 aromatic rings. The van der Waals surface area contributed by atoms with E-state index >= 15 is 0 Å². The molecule has 0 aromatic carbocycles. The van der Waals surface area contributed by atoms with E-state index in [9.17, 15) is 4.79 Å². The van der Waals surface area contributed by atoms with Gasteiger partial charge < -0.3 is 4.74 Å². The highest BCUT2D eigenvalue weighted by atomic mass is 16.5. The Morgan fingerprint density at radius 3 is 2.18 bits per heavy atom. The number of allylic oxidation sites excluding steroid dienone is 1. The van der Waals surface area contributed by atoms with Gasteiger partial charge in [-0.3, -0.25) is 4.79 Å². The monoisotopic (exact) mass is 386 g/mol. The number of hydrogen-bond acceptors (Lipinski definition) is 2. The first-order chi connectivity index (χ1) is 13.0. The molecule has 0 saturated heterocycles. The van der Waals surface area contributed by atoms with Gasteiger partial charge in [0.1, 0.15) is 0 Å². The largest absolute Gasteiger partial charge is 0.469 e. The van der Waals surface area contributed by atoms with Crippen molar-refractivity contribution in [1.29, 1.82) is 0 Å². The second kappa shape index (κ2) is 6.35. The van der Waals surface area contributed by atoms with Gasteiger partial charge in [0.15, 0.2) is 0 Å². The summed E-state index contributed by atoms with van der Waals surface area (Å²) in [5, 5.41) is 0. The number of carbonyl (C=O) groups is 1. The molecule has 2 heteroatoms. The van der Waals surface area contributed by atoms with Crippen molar-refractivity contribution in [2.24, 2.45) is 45.3 Å². The average Bonchev–Trinajstić information content (AvgIpc) is 2.59. The van der Waals surface area contributed by atoms with Crippen LogP contribution in [0.15, 0.2) is 11.6 Å². The molecule has 7 atom stereocenters. The molecule has 3 saturated carbocycles. The van der Waals surface area contributed by atoms with Crippen LogP contribution in [0.2, 0.25) is 0 Å². The lowest BCUT2D eigenvalue weighted by Crippen LogP contribution is -2.63. The normalized spacial score (nSPS) is 49.9. The lowest BCUT2D eigenvalue weighted by atomic mass is 9.35. The highest BCUT2D eigenvalue weighted by Gasteiger charge is 2.66. The number of carbonyl (C=O) groups excluding carboxylic acids is 1. The quantitative estimate of drug-likeness (QED) is 0.366.